The van der Waals surface area contributed by atoms with Crippen molar-refractivity contribution >= 4 is 11.8 Å². The van der Waals surface area contributed by atoms with E-state index in [0.29, 0.717) is 12.0 Å². The van der Waals surface area contributed by atoms with E-state index in [2.05, 4.69) is 10.9 Å². The monoisotopic (exact) mass is 222 g/mol. The summed E-state index contributed by atoms with van der Waals surface area (Å²) in [7, 11) is 0. The molecule has 0 aromatic heterocycles. The fraction of sp³-hybridized carbons (Fsp3) is 0.273. The quantitative estimate of drug-likeness (QED) is 0.666. The Morgan fingerprint density at radius 3 is 2.38 bits per heavy atom. The van der Waals surface area contributed by atoms with Gasteiger partial charge in [0.1, 0.15) is 5.75 Å². The van der Waals surface area contributed by atoms with Gasteiger partial charge in [0.2, 0.25) is 5.91 Å². The predicted octanol–water partition coefficient (Wildman–Crippen LogP) is 0.953. The maximum absolute atomic E-state index is 11.5. The molecule has 1 rings (SSSR count). The van der Waals surface area contributed by atoms with Gasteiger partial charge in [-0.2, -0.15) is 0 Å². The summed E-state index contributed by atoms with van der Waals surface area (Å²) in [5.74, 6) is -0.550. The van der Waals surface area contributed by atoms with Gasteiger partial charge in [-0.05, 0) is 30.7 Å². The fourth-order valence-electron chi connectivity index (χ4n) is 1.10. The Morgan fingerprint density at radius 1 is 1.19 bits per heavy atom. The first kappa shape index (κ1) is 12.0. The van der Waals surface area contributed by atoms with Crippen molar-refractivity contribution in [3.63, 3.8) is 0 Å². The van der Waals surface area contributed by atoms with Crippen LogP contribution in [-0.2, 0) is 4.79 Å². The smallest absolute Gasteiger partial charge is 0.269 e. The lowest BCUT2D eigenvalue weighted by molar-refractivity contribution is -0.121. The fourth-order valence-corrected chi connectivity index (χ4v) is 1.10. The first-order valence-corrected chi connectivity index (χ1v) is 5.01. The number of phenols is 1. The van der Waals surface area contributed by atoms with Crippen LogP contribution in [-0.4, -0.2) is 16.9 Å². The molecule has 16 heavy (non-hydrogen) atoms. The second-order valence-corrected chi connectivity index (χ2v) is 3.30. The van der Waals surface area contributed by atoms with E-state index < -0.39 is 5.91 Å². The summed E-state index contributed by atoms with van der Waals surface area (Å²) in [6, 6.07) is 5.75. The van der Waals surface area contributed by atoms with Crippen LogP contribution in [0.1, 0.15) is 30.1 Å². The highest BCUT2D eigenvalue weighted by molar-refractivity contribution is 5.95. The molecule has 0 aliphatic carbocycles. The number of hydrogen-bond donors (Lipinski definition) is 3. The molecule has 0 unspecified atom stereocenters. The Bertz CT molecular complexity index is 373. The van der Waals surface area contributed by atoms with Crippen LogP contribution in [0.4, 0.5) is 0 Å². The number of nitrogens with one attached hydrogen (secondary N) is 2. The van der Waals surface area contributed by atoms with Crippen molar-refractivity contribution in [2.75, 3.05) is 0 Å². The number of benzene rings is 1. The lowest BCUT2D eigenvalue weighted by Gasteiger charge is -2.06. The first-order chi connectivity index (χ1) is 7.63. The number of hydrogen-bond acceptors (Lipinski definition) is 3. The highest BCUT2D eigenvalue weighted by Gasteiger charge is 2.06. The predicted molar refractivity (Wildman–Crippen MR) is 58.6 cm³/mol. The average Bonchev–Trinajstić information content (AvgIpc) is 2.27. The number of rotatable bonds is 3. The summed E-state index contributed by atoms with van der Waals surface area (Å²) in [5, 5.41) is 9.03. The van der Waals surface area contributed by atoms with Gasteiger partial charge < -0.3 is 5.11 Å². The van der Waals surface area contributed by atoms with Crippen molar-refractivity contribution in [3.8, 4) is 5.75 Å². The van der Waals surface area contributed by atoms with Crippen molar-refractivity contribution in [2.45, 2.75) is 19.8 Å². The zero-order valence-electron chi connectivity index (χ0n) is 8.99. The lowest BCUT2D eigenvalue weighted by Crippen LogP contribution is -2.41. The molecule has 5 heteroatoms. The molecule has 0 aliphatic rings. The van der Waals surface area contributed by atoms with Gasteiger partial charge in [0.25, 0.3) is 5.91 Å². The van der Waals surface area contributed by atoms with Crippen LogP contribution in [0.5, 0.6) is 5.75 Å². The van der Waals surface area contributed by atoms with Crippen LogP contribution < -0.4 is 10.9 Å². The molecule has 0 spiro atoms. The molecule has 0 aliphatic heterocycles. The van der Waals surface area contributed by atoms with Crippen LogP contribution in [0.15, 0.2) is 24.3 Å². The molecule has 1 aromatic carbocycles. The van der Waals surface area contributed by atoms with E-state index in [0.717, 1.165) is 6.42 Å². The van der Waals surface area contributed by atoms with E-state index in [1.165, 1.54) is 24.3 Å². The van der Waals surface area contributed by atoms with Crippen LogP contribution in [0, 0.1) is 0 Å². The highest BCUT2D eigenvalue weighted by Crippen LogP contribution is 2.08. The van der Waals surface area contributed by atoms with E-state index in [-0.39, 0.29) is 11.7 Å². The van der Waals surface area contributed by atoms with Gasteiger partial charge in [-0.3, -0.25) is 20.4 Å². The summed E-state index contributed by atoms with van der Waals surface area (Å²) < 4.78 is 0. The normalized spacial score (nSPS) is 9.56. The molecule has 3 N–H and O–H groups in total. The van der Waals surface area contributed by atoms with E-state index in [4.69, 9.17) is 5.11 Å². The maximum Gasteiger partial charge on any atom is 0.269 e. The Kier molecular flexibility index (Phi) is 4.32. The van der Waals surface area contributed by atoms with Gasteiger partial charge in [-0.25, -0.2) is 0 Å². The zero-order valence-corrected chi connectivity index (χ0v) is 8.99. The topological polar surface area (TPSA) is 78.4 Å². The number of phenolic OH excluding ortho intramolecular Hbond substituents is 1. The van der Waals surface area contributed by atoms with E-state index in [1.54, 1.807) is 0 Å². The molecular weight excluding hydrogens is 208 g/mol. The molecule has 1 aromatic rings. The molecule has 0 heterocycles. The van der Waals surface area contributed by atoms with Crippen molar-refractivity contribution in [1.82, 2.24) is 10.9 Å². The molecule has 0 saturated carbocycles. The zero-order chi connectivity index (χ0) is 12.0. The van der Waals surface area contributed by atoms with E-state index in [1.807, 2.05) is 6.92 Å². The van der Waals surface area contributed by atoms with E-state index >= 15 is 0 Å². The van der Waals surface area contributed by atoms with Gasteiger partial charge >= 0.3 is 0 Å². The summed E-state index contributed by atoms with van der Waals surface area (Å²) >= 11 is 0. The average molecular weight is 222 g/mol. The second-order valence-electron chi connectivity index (χ2n) is 3.30. The summed E-state index contributed by atoms with van der Waals surface area (Å²) in [6.07, 6.45) is 1.09. The van der Waals surface area contributed by atoms with E-state index in [9.17, 15) is 9.59 Å². The van der Waals surface area contributed by atoms with Crippen molar-refractivity contribution in [2.24, 2.45) is 0 Å². The highest BCUT2D eigenvalue weighted by atomic mass is 16.3. The third-order valence-corrected chi connectivity index (χ3v) is 1.92. The number of aromatic hydroxyl groups is 1. The Balaban J connectivity index is 2.47. The third kappa shape index (κ3) is 3.61. The van der Waals surface area contributed by atoms with Gasteiger partial charge in [0, 0.05) is 12.0 Å². The maximum atomic E-state index is 11.5. The van der Waals surface area contributed by atoms with Gasteiger partial charge in [0.05, 0.1) is 0 Å². The largest absolute Gasteiger partial charge is 0.508 e. The first-order valence-electron chi connectivity index (χ1n) is 5.01. The van der Waals surface area contributed by atoms with Crippen LogP contribution >= 0.6 is 0 Å². The second kappa shape index (κ2) is 5.75. The molecule has 0 atom stereocenters. The minimum atomic E-state index is -0.413. The van der Waals surface area contributed by atoms with Gasteiger partial charge in [-0.15, -0.1) is 0 Å². The molecule has 0 fully saturated rings. The van der Waals surface area contributed by atoms with Crippen molar-refractivity contribution in [1.29, 1.82) is 0 Å². The summed E-state index contributed by atoms with van der Waals surface area (Å²) in [5.41, 5.74) is 4.95. The molecule has 86 valence electrons. The van der Waals surface area contributed by atoms with Crippen molar-refractivity contribution in [3.05, 3.63) is 29.8 Å². The standard InChI is InChI=1S/C11H14N2O3/c1-2-3-10(15)12-13-11(16)8-4-6-9(14)7-5-8/h4-7,14H,2-3H2,1H3,(H,12,15)(H,13,16). The molecule has 0 saturated heterocycles. The number of hydrazine groups is 1. The molecule has 5 nitrogen and oxygen atoms in total. The molecule has 2 amide bonds. The molecular formula is C11H14N2O3. The minimum Gasteiger partial charge on any atom is -0.508 e. The van der Waals surface area contributed by atoms with Gasteiger partial charge in [-0.1, -0.05) is 6.92 Å². The van der Waals surface area contributed by atoms with Crippen LogP contribution in [0.25, 0.3) is 0 Å². The minimum absolute atomic E-state index is 0.0894. The van der Waals surface area contributed by atoms with Crippen LogP contribution in [0.3, 0.4) is 0 Å². The van der Waals surface area contributed by atoms with Crippen molar-refractivity contribution < 1.29 is 14.7 Å². The summed E-state index contributed by atoms with van der Waals surface area (Å²) in [6.45, 7) is 1.88. The lowest BCUT2D eigenvalue weighted by atomic mass is 10.2. The molecule has 0 radical (unpaired) electrons. The molecule has 0 bridgehead atoms. The Morgan fingerprint density at radius 2 is 1.81 bits per heavy atom. The Labute approximate surface area is 93.4 Å². The Hall–Kier alpha value is -2.04. The SMILES string of the molecule is CCCC(=O)NNC(=O)c1ccc(O)cc1. The third-order valence-electron chi connectivity index (χ3n) is 1.92. The van der Waals surface area contributed by atoms with Crippen LogP contribution in [0.2, 0.25) is 0 Å². The number of carbonyl (C=O) groups excluding carboxylic acids is 2. The van der Waals surface area contributed by atoms with Gasteiger partial charge in [0.15, 0.2) is 0 Å². The number of amides is 2. The number of carbonyl (C=O) groups is 2. The summed E-state index contributed by atoms with van der Waals surface area (Å²) in [4.78, 5) is 22.5.